The van der Waals surface area contributed by atoms with E-state index in [0.717, 1.165) is 0 Å². The largest absolute Gasteiger partial charge is 0.287 e. The summed E-state index contributed by atoms with van der Waals surface area (Å²) in [5, 5.41) is 11.6. The van der Waals surface area contributed by atoms with Crippen LogP contribution in [0.1, 0.15) is 12.5 Å². The second kappa shape index (κ2) is 8.41. The van der Waals surface area contributed by atoms with Gasteiger partial charge < -0.3 is 0 Å². The number of aliphatic imine (C=N–C) groups is 1. The van der Waals surface area contributed by atoms with Crippen molar-refractivity contribution in [2.75, 3.05) is 6.54 Å². The van der Waals surface area contributed by atoms with Crippen molar-refractivity contribution in [1.29, 1.82) is 0 Å². The van der Waals surface area contributed by atoms with Crippen molar-refractivity contribution in [1.82, 2.24) is 9.88 Å². The number of benzene rings is 1. The van der Waals surface area contributed by atoms with E-state index in [4.69, 9.17) is 0 Å². The van der Waals surface area contributed by atoms with Crippen LogP contribution in [0.4, 0.5) is 11.4 Å². The number of nitro groups is 1. The van der Waals surface area contributed by atoms with Gasteiger partial charge >= 0.3 is 0 Å². The topological polar surface area (TPSA) is 88.7 Å². The number of pyridine rings is 1. The molecule has 3 rings (SSSR count). The average Bonchev–Trinajstić information content (AvgIpc) is 2.97. The van der Waals surface area contributed by atoms with Crippen LogP contribution in [0.15, 0.2) is 70.8 Å². The van der Waals surface area contributed by atoms with Crippen LogP contribution in [0.3, 0.4) is 0 Å². The molecule has 1 aromatic heterocycles. The van der Waals surface area contributed by atoms with Crippen molar-refractivity contribution in [2.45, 2.75) is 6.92 Å². The molecule has 0 bridgehead atoms. The molecular weight excluding hydrogens is 364 g/mol. The Kier molecular flexibility index (Phi) is 5.77. The average molecular weight is 380 g/mol. The van der Waals surface area contributed by atoms with E-state index in [1.54, 1.807) is 59.8 Å². The third kappa shape index (κ3) is 4.29. The van der Waals surface area contributed by atoms with Gasteiger partial charge in [0, 0.05) is 18.8 Å². The summed E-state index contributed by atoms with van der Waals surface area (Å²) in [5.74, 6) is -0.141. The fraction of sp³-hybridized carbons (Fsp3) is 0.105. The van der Waals surface area contributed by atoms with E-state index in [2.05, 4.69) is 9.98 Å². The summed E-state index contributed by atoms with van der Waals surface area (Å²) in [6.07, 6.45) is 8.20. The van der Waals surface area contributed by atoms with Gasteiger partial charge in [-0.25, -0.2) is 4.99 Å². The number of nitro benzene ring substituents is 1. The van der Waals surface area contributed by atoms with Crippen LogP contribution in [0.2, 0.25) is 0 Å². The van der Waals surface area contributed by atoms with Crippen LogP contribution in [0, 0.1) is 10.1 Å². The Balaban J connectivity index is 1.84. The first-order valence-corrected chi connectivity index (χ1v) is 9.02. The molecule has 1 fully saturated rings. The van der Waals surface area contributed by atoms with E-state index in [0.29, 0.717) is 27.9 Å². The molecule has 0 N–H and O–H groups in total. The van der Waals surface area contributed by atoms with E-state index in [9.17, 15) is 14.9 Å². The molecule has 27 heavy (non-hydrogen) atoms. The molecular formula is C19H16N4O3S. The van der Waals surface area contributed by atoms with Gasteiger partial charge in [0.2, 0.25) is 0 Å². The summed E-state index contributed by atoms with van der Waals surface area (Å²) >= 11 is 1.27. The van der Waals surface area contributed by atoms with Crippen LogP contribution >= 0.6 is 11.8 Å². The Morgan fingerprint density at radius 2 is 2.11 bits per heavy atom. The highest BCUT2D eigenvalue weighted by atomic mass is 32.2. The monoisotopic (exact) mass is 380 g/mol. The number of hydrogen-bond donors (Lipinski definition) is 0. The predicted octanol–water partition coefficient (Wildman–Crippen LogP) is 4.17. The third-order valence-corrected chi connectivity index (χ3v) is 4.76. The molecule has 7 nitrogen and oxygen atoms in total. The Morgan fingerprint density at radius 3 is 2.81 bits per heavy atom. The normalized spacial score (nSPS) is 17.4. The van der Waals surface area contributed by atoms with Gasteiger partial charge in [0.1, 0.15) is 0 Å². The lowest BCUT2D eigenvalue weighted by atomic mass is 10.1. The number of rotatable bonds is 5. The van der Waals surface area contributed by atoms with Gasteiger partial charge in [-0.1, -0.05) is 18.2 Å². The highest BCUT2D eigenvalue weighted by molar-refractivity contribution is 8.18. The van der Waals surface area contributed by atoms with E-state index in [1.807, 2.05) is 13.0 Å². The van der Waals surface area contributed by atoms with Crippen molar-refractivity contribution in [3.63, 3.8) is 0 Å². The first-order chi connectivity index (χ1) is 13.1. The Morgan fingerprint density at radius 1 is 1.30 bits per heavy atom. The highest BCUT2D eigenvalue weighted by Gasteiger charge is 2.31. The number of thioether (sulfide) groups is 1. The molecule has 1 amide bonds. The second-order valence-electron chi connectivity index (χ2n) is 5.46. The number of para-hydroxylation sites is 1. The molecule has 0 spiro atoms. The minimum atomic E-state index is -0.431. The zero-order valence-electron chi connectivity index (χ0n) is 14.5. The van der Waals surface area contributed by atoms with Gasteiger partial charge in [-0.2, -0.15) is 0 Å². The van der Waals surface area contributed by atoms with Crippen LogP contribution in [0.5, 0.6) is 0 Å². The molecule has 0 radical (unpaired) electrons. The smallest absolute Gasteiger partial charge is 0.276 e. The molecule has 0 atom stereocenters. The summed E-state index contributed by atoms with van der Waals surface area (Å²) in [6, 6.07) is 10.0. The maximum atomic E-state index is 12.6. The second-order valence-corrected chi connectivity index (χ2v) is 6.47. The van der Waals surface area contributed by atoms with Crippen LogP contribution in [-0.2, 0) is 4.79 Å². The van der Waals surface area contributed by atoms with Crippen molar-refractivity contribution in [2.24, 2.45) is 4.99 Å². The van der Waals surface area contributed by atoms with Gasteiger partial charge in [0.25, 0.3) is 11.6 Å². The van der Waals surface area contributed by atoms with Crippen LogP contribution in [-0.4, -0.2) is 32.4 Å². The van der Waals surface area contributed by atoms with Crippen LogP contribution < -0.4 is 0 Å². The molecule has 8 heteroatoms. The van der Waals surface area contributed by atoms with Crippen LogP contribution in [0.25, 0.3) is 6.08 Å². The molecule has 0 unspecified atom stereocenters. The molecule has 1 saturated heterocycles. The minimum absolute atomic E-state index is 0.0200. The summed E-state index contributed by atoms with van der Waals surface area (Å²) in [7, 11) is 0. The number of amidine groups is 1. The fourth-order valence-corrected chi connectivity index (χ4v) is 3.46. The Bertz CT molecular complexity index is 954. The maximum absolute atomic E-state index is 12.6. The molecule has 1 aliphatic heterocycles. The first kappa shape index (κ1) is 18.5. The fourth-order valence-electron chi connectivity index (χ4n) is 2.45. The van der Waals surface area contributed by atoms with Gasteiger partial charge in [-0.3, -0.25) is 24.8 Å². The number of amides is 1. The van der Waals surface area contributed by atoms with E-state index < -0.39 is 4.92 Å². The van der Waals surface area contributed by atoms with Gasteiger partial charge in [0.15, 0.2) is 5.17 Å². The molecule has 1 aromatic carbocycles. The number of aromatic nitrogens is 1. The SMILES string of the molecule is CCN1C(=O)/C(=C/C=C/c2ccccc2[N+](=O)[O-])SC1=Nc1cccnc1. The third-order valence-electron chi connectivity index (χ3n) is 3.73. The number of carbonyl (C=O) groups excluding carboxylic acids is 1. The lowest BCUT2D eigenvalue weighted by Gasteiger charge is -2.11. The zero-order chi connectivity index (χ0) is 19.2. The molecule has 2 aromatic rings. The highest BCUT2D eigenvalue weighted by Crippen LogP contribution is 2.32. The summed E-state index contributed by atoms with van der Waals surface area (Å²) in [5.41, 5.74) is 1.17. The number of likely N-dealkylation sites (N-methyl/N-ethyl adjacent to an activating group) is 1. The molecule has 0 aliphatic carbocycles. The van der Waals surface area contributed by atoms with Crippen molar-refractivity contribution in [3.8, 4) is 0 Å². The Labute approximate surface area is 160 Å². The predicted molar refractivity (Wildman–Crippen MR) is 107 cm³/mol. The zero-order valence-corrected chi connectivity index (χ0v) is 15.3. The Hall–Kier alpha value is -3.26. The summed E-state index contributed by atoms with van der Waals surface area (Å²) in [4.78, 5) is 33.8. The first-order valence-electron chi connectivity index (χ1n) is 8.20. The van der Waals surface area contributed by atoms with E-state index in [1.165, 1.54) is 17.8 Å². The standard InChI is InChI=1S/C19H16N4O3S/c1-2-22-18(24)17(27-19(22)21-15-9-6-12-20-13-15)11-5-8-14-7-3-4-10-16(14)23(25)26/h3-13H,2H2,1H3/b8-5+,17-11-,21-19?. The van der Waals surface area contributed by atoms with Crippen molar-refractivity contribution >= 4 is 40.3 Å². The number of allylic oxidation sites excluding steroid dienone is 2. The van der Waals surface area contributed by atoms with Gasteiger partial charge in [-0.05, 0) is 49.0 Å². The van der Waals surface area contributed by atoms with Crippen molar-refractivity contribution < 1.29 is 9.72 Å². The lowest BCUT2D eigenvalue weighted by Crippen LogP contribution is -2.28. The molecule has 2 heterocycles. The van der Waals surface area contributed by atoms with E-state index in [-0.39, 0.29) is 11.6 Å². The lowest BCUT2D eigenvalue weighted by molar-refractivity contribution is -0.385. The van der Waals surface area contributed by atoms with Crippen molar-refractivity contribution in [3.05, 3.63) is 81.5 Å². The quantitative estimate of drug-likeness (QED) is 0.441. The molecule has 1 aliphatic rings. The molecule has 0 saturated carbocycles. The summed E-state index contributed by atoms with van der Waals surface area (Å²) in [6.45, 7) is 2.37. The number of nitrogens with zero attached hydrogens (tertiary/aromatic N) is 4. The maximum Gasteiger partial charge on any atom is 0.276 e. The summed E-state index contributed by atoms with van der Waals surface area (Å²) < 4.78 is 0. The van der Waals surface area contributed by atoms with Gasteiger partial charge in [0.05, 0.1) is 27.3 Å². The number of hydrogen-bond acceptors (Lipinski definition) is 6. The minimum Gasteiger partial charge on any atom is -0.287 e. The molecule has 136 valence electrons. The van der Waals surface area contributed by atoms with E-state index >= 15 is 0 Å². The van der Waals surface area contributed by atoms with Gasteiger partial charge in [-0.15, -0.1) is 0 Å². The number of carbonyl (C=O) groups is 1.